The number of imidazole rings is 1. The zero-order valence-corrected chi connectivity index (χ0v) is 13.9. The normalized spacial score (nSPS) is 10.8. The van der Waals surface area contributed by atoms with Crippen LogP contribution in [0.5, 0.6) is 5.75 Å². The number of aromatic hydroxyl groups is 1. The molecule has 0 aliphatic rings. The second-order valence-corrected chi connectivity index (χ2v) is 6.12. The van der Waals surface area contributed by atoms with Gasteiger partial charge in [0.2, 0.25) is 0 Å². The Morgan fingerprint density at radius 3 is 2.60 bits per heavy atom. The quantitative estimate of drug-likeness (QED) is 0.748. The minimum atomic E-state index is -0.493. The van der Waals surface area contributed by atoms with Crippen molar-refractivity contribution in [2.75, 3.05) is 0 Å². The van der Waals surface area contributed by atoms with Crippen molar-refractivity contribution in [2.45, 2.75) is 26.3 Å². The minimum absolute atomic E-state index is 0.0400. The molecule has 1 aromatic heterocycles. The number of hydrogen-bond donors (Lipinski definition) is 1. The Balaban J connectivity index is 1.92. The smallest absolute Gasteiger partial charge is 0.135 e. The topological polar surface area (TPSA) is 55.1 Å². The van der Waals surface area contributed by atoms with Gasteiger partial charge in [-0.15, -0.1) is 0 Å². The van der Waals surface area contributed by atoms with E-state index in [1.807, 2.05) is 34.9 Å². The second kappa shape index (κ2) is 7.30. The molecule has 2 aromatic carbocycles. The summed E-state index contributed by atoms with van der Waals surface area (Å²) in [5.74, 6) is -0.571. The first-order chi connectivity index (χ1) is 12.0. The van der Waals surface area contributed by atoms with Crippen LogP contribution >= 0.6 is 0 Å². The molecule has 3 aromatic rings. The number of benzene rings is 2. The van der Waals surface area contributed by atoms with E-state index in [1.54, 1.807) is 6.33 Å². The highest BCUT2D eigenvalue weighted by Gasteiger charge is 2.14. The summed E-state index contributed by atoms with van der Waals surface area (Å²) in [6.45, 7) is 1.88. The maximum absolute atomic E-state index is 13.5. The molecule has 0 bridgehead atoms. The van der Waals surface area contributed by atoms with Crippen LogP contribution in [0.4, 0.5) is 4.39 Å². The lowest BCUT2D eigenvalue weighted by atomic mass is 10.1. The zero-order valence-electron chi connectivity index (χ0n) is 13.9. The molecule has 0 saturated heterocycles. The molecule has 0 fully saturated rings. The fraction of sp³-hybridized carbons (Fsp3) is 0.200. The van der Waals surface area contributed by atoms with Crippen LogP contribution < -0.4 is 0 Å². The molecule has 0 saturated carbocycles. The van der Waals surface area contributed by atoms with Crippen LogP contribution in [0.3, 0.4) is 0 Å². The van der Waals surface area contributed by atoms with Crippen molar-refractivity contribution in [3.63, 3.8) is 0 Å². The number of carbonyl (C=O) groups is 1. The van der Waals surface area contributed by atoms with Crippen LogP contribution in [0.1, 0.15) is 29.4 Å². The number of phenolic OH excluding ortho intramolecular Hbond substituents is 1. The summed E-state index contributed by atoms with van der Waals surface area (Å²) in [5, 5.41) is 9.57. The molecule has 0 aliphatic carbocycles. The Labute approximate surface area is 145 Å². The van der Waals surface area contributed by atoms with Crippen molar-refractivity contribution in [3.8, 4) is 5.75 Å². The number of phenols is 1. The standard InChI is InChI=1S/C20H19FN2O2/c1-14(24)7-20-19(10-15-5-3-2-4-6-15)22-13-23(20)12-16-8-17(21)11-18(25)9-16/h2-6,8-9,11,13,25H,7,10,12H2,1H3. The largest absolute Gasteiger partial charge is 0.508 e. The summed E-state index contributed by atoms with van der Waals surface area (Å²) >= 11 is 0. The first-order valence-corrected chi connectivity index (χ1v) is 8.06. The van der Waals surface area contributed by atoms with Gasteiger partial charge < -0.3 is 9.67 Å². The molecule has 0 aliphatic heterocycles. The lowest BCUT2D eigenvalue weighted by Crippen LogP contribution is -2.09. The van der Waals surface area contributed by atoms with E-state index in [4.69, 9.17) is 0 Å². The van der Waals surface area contributed by atoms with E-state index in [9.17, 15) is 14.3 Å². The fourth-order valence-corrected chi connectivity index (χ4v) is 2.88. The predicted octanol–water partition coefficient (Wildman–Crippen LogP) is 3.50. The van der Waals surface area contributed by atoms with E-state index in [2.05, 4.69) is 4.98 Å². The first kappa shape index (κ1) is 16.9. The van der Waals surface area contributed by atoms with Crippen LogP contribution in [0.25, 0.3) is 0 Å². The van der Waals surface area contributed by atoms with Crippen molar-refractivity contribution < 1.29 is 14.3 Å². The SMILES string of the molecule is CC(=O)Cc1c(Cc2ccccc2)ncn1Cc1cc(O)cc(F)c1. The maximum atomic E-state index is 13.5. The first-order valence-electron chi connectivity index (χ1n) is 8.06. The third-order valence-corrected chi connectivity index (χ3v) is 3.96. The molecule has 1 heterocycles. The molecule has 1 N–H and O–H groups in total. The third-order valence-electron chi connectivity index (χ3n) is 3.96. The van der Waals surface area contributed by atoms with Crippen molar-refractivity contribution >= 4 is 5.78 Å². The Bertz CT molecular complexity index is 868. The predicted molar refractivity (Wildman–Crippen MR) is 93.0 cm³/mol. The number of Topliss-reactive ketones (excluding diaryl/α,β-unsaturated/α-hetero) is 1. The Kier molecular flexibility index (Phi) is 4.93. The third kappa shape index (κ3) is 4.32. The second-order valence-electron chi connectivity index (χ2n) is 6.12. The highest BCUT2D eigenvalue weighted by molar-refractivity contribution is 5.78. The average molecular weight is 338 g/mol. The summed E-state index contributed by atoms with van der Waals surface area (Å²) < 4.78 is 15.3. The molecule has 0 spiro atoms. The molecule has 0 amide bonds. The Hall–Kier alpha value is -2.95. The molecule has 0 radical (unpaired) electrons. The molecular formula is C20H19FN2O2. The van der Waals surface area contributed by atoms with E-state index in [1.165, 1.54) is 19.1 Å². The fourth-order valence-electron chi connectivity index (χ4n) is 2.88. The van der Waals surface area contributed by atoms with E-state index in [0.29, 0.717) is 18.5 Å². The van der Waals surface area contributed by atoms with Gasteiger partial charge in [0.25, 0.3) is 0 Å². The maximum Gasteiger partial charge on any atom is 0.135 e. The number of rotatable bonds is 6. The molecule has 3 rings (SSSR count). The van der Waals surface area contributed by atoms with Crippen LogP contribution in [-0.2, 0) is 24.2 Å². The monoisotopic (exact) mass is 338 g/mol. The van der Waals surface area contributed by atoms with Gasteiger partial charge in [0.05, 0.1) is 12.0 Å². The van der Waals surface area contributed by atoms with Crippen LogP contribution in [-0.4, -0.2) is 20.4 Å². The highest BCUT2D eigenvalue weighted by atomic mass is 19.1. The van der Waals surface area contributed by atoms with Gasteiger partial charge in [-0.2, -0.15) is 0 Å². The zero-order chi connectivity index (χ0) is 17.8. The van der Waals surface area contributed by atoms with Crippen molar-refractivity contribution in [1.29, 1.82) is 0 Å². The molecule has 5 heteroatoms. The number of carbonyl (C=O) groups excluding carboxylic acids is 1. The summed E-state index contributed by atoms with van der Waals surface area (Å²) in [6.07, 6.45) is 2.56. The van der Waals surface area contributed by atoms with Crippen molar-refractivity contribution in [3.05, 3.63) is 83.2 Å². The average Bonchev–Trinajstić information content (AvgIpc) is 2.89. The number of aromatic nitrogens is 2. The summed E-state index contributed by atoms with van der Waals surface area (Å²) in [4.78, 5) is 16.1. The molecule has 128 valence electrons. The van der Waals surface area contributed by atoms with Crippen molar-refractivity contribution in [1.82, 2.24) is 9.55 Å². The van der Waals surface area contributed by atoms with E-state index in [-0.39, 0.29) is 18.0 Å². The lowest BCUT2D eigenvalue weighted by Gasteiger charge is -2.10. The summed E-state index contributed by atoms with van der Waals surface area (Å²) in [7, 11) is 0. The van der Waals surface area contributed by atoms with Gasteiger partial charge in [-0.3, -0.25) is 4.79 Å². The summed E-state index contributed by atoms with van der Waals surface area (Å²) in [5.41, 5.74) is 3.38. The van der Waals surface area contributed by atoms with Crippen LogP contribution in [0, 0.1) is 5.82 Å². The van der Waals surface area contributed by atoms with Crippen LogP contribution in [0.15, 0.2) is 54.9 Å². The number of ketones is 1. The molecule has 0 atom stereocenters. The molecule has 25 heavy (non-hydrogen) atoms. The number of halogens is 1. The van der Waals surface area contributed by atoms with Gasteiger partial charge in [0, 0.05) is 31.1 Å². The van der Waals surface area contributed by atoms with Crippen LogP contribution in [0.2, 0.25) is 0 Å². The van der Waals surface area contributed by atoms with Gasteiger partial charge in [0.1, 0.15) is 17.3 Å². The van der Waals surface area contributed by atoms with Gasteiger partial charge in [-0.05, 0) is 30.2 Å². The Morgan fingerprint density at radius 2 is 1.92 bits per heavy atom. The lowest BCUT2D eigenvalue weighted by molar-refractivity contribution is -0.116. The van der Waals surface area contributed by atoms with E-state index >= 15 is 0 Å². The van der Waals surface area contributed by atoms with Gasteiger partial charge >= 0.3 is 0 Å². The molecule has 0 unspecified atom stereocenters. The van der Waals surface area contributed by atoms with Gasteiger partial charge in [-0.25, -0.2) is 9.37 Å². The van der Waals surface area contributed by atoms with Gasteiger partial charge in [0.15, 0.2) is 0 Å². The van der Waals surface area contributed by atoms with Gasteiger partial charge in [-0.1, -0.05) is 30.3 Å². The number of hydrogen-bond acceptors (Lipinski definition) is 3. The Morgan fingerprint density at radius 1 is 1.16 bits per heavy atom. The summed E-state index contributed by atoms with van der Waals surface area (Å²) in [6, 6.07) is 13.9. The molecular weight excluding hydrogens is 319 g/mol. The minimum Gasteiger partial charge on any atom is -0.508 e. The number of nitrogens with zero attached hydrogens (tertiary/aromatic N) is 2. The molecule has 4 nitrogen and oxygen atoms in total. The highest BCUT2D eigenvalue weighted by Crippen LogP contribution is 2.19. The van der Waals surface area contributed by atoms with E-state index in [0.717, 1.165) is 23.0 Å². The van der Waals surface area contributed by atoms with E-state index < -0.39 is 5.82 Å². The van der Waals surface area contributed by atoms with Crippen molar-refractivity contribution in [2.24, 2.45) is 0 Å².